The number of benzene rings is 3. The number of piperidine rings is 1. The molecule has 2 N–H and O–H groups in total. The average molecular weight is 488 g/mol. The number of amides is 1. The smallest absolute Gasteiger partial charge is 0.253 e. The molecule has 1 fully saturated rings. The maximum atomic E-state index is 12.8. The molecule has 1 heterocycles. The molecule has 35 heavy (non-hydrogen) atoms. The average Bonchev–Trinajstić information content (AvgIpc) is 2.90. The lowest BCUT2D eigenvalue weighted by Crippen LogP contribution is -2.30. The Kier molecular flexibility index (Phi) is 8.62. The molecule has 182 valence electrons. The van der Waals surface area contributed by atoms with Gasteiger partial charge >= 0.3 is 0 Å². The third-order valence-electron chi connectivity index (χ3n) is 6.59. The second-order valence-electron chi connectivity index (χ2n) is 8.84. The summed E-state index contributed by atoms with van der Waals surface area (Å²) in [5.74, 6) is 0.0889. The van der Waals surface area contributed by atoms with Crippen molar-refractivity contribution in [2.24, 2.45) is 0 Å². The number of halogens is 1. The highest BCUT2D eigenvalue weighted by molar-refractivity contribution is 6.30. The Morgan fingerprint density at radius 1 is 0.886 bits per heavy atom. The van der Waals surface area contributed by atoms with Gasteiger partial charge in [-0.2, -0.15) is 0 Å². The fourth-order valence-electron chi connectivity index (χ4n) is 4.62. The molecule has 5 heteroatoms. The van der Waals surface area contributed by atoms with Crippen molar-refractivity contribution in [1.29, 1.82) is 0 Å². The Labute approximate surface area is 214 Å². The van der Waals surface area contributed by atoms with Gasteiger partial charge in [0.2, 0.25) is 0 Å². The number of nitrogens with zero attached hydrogens (tertiary/aromatic N) is 1. The van der Waals surface area contributed by atoms with Gasteiger partial charge in [-0.3, -0.25) is 4.79 Å². The fourth-order valence-corrected chi connectivity index (χ4v) is 4.74. The predicted molar refractivity (Wildman–Crippen MR) is 147 cm³/mol. The quantitative estimate of drug-likeness (QED) is 0.375. The largest absolute Gasteiger partial charge is 0.381 e. The van der Waals surface area contributed by atoms with Crippen molar-refractivity contribution < 1.29 is 4.79 Å². The van der Waals surface area contributed by atoms with Crippen LogP contribution in [0.15, 0.2) is 78.4 Å². The van der Waals surface area contributed by atoms with Crippen molar-refractivity contribution in [3.63, 3.8) is 0 Å². The van der Waals surface area contributed by atoms with Crippen molar-refractivity contribution in [3.05, 3.63) is 106 Å². The highest BCUT2D eigenvalue weighted by atomic mass is 35.5. The first-order valence-corrected chi connectivity index (χ1v) is 12.9. The van der Waals surface area contributed by atoms with E-state index in [2.05, 4.69) is 47.0 Å². The zero-order chi connectivity index (χ0) is 24.6. The third kappa shape index (κ3) is 6.33. The van der Waals surface area contributed by atoms with Crippen LogP contribution in [0, 0.1) is 0 Å². The van der Waals surface area contributed by atoms with E-state index >= 15 is 0 Å². The van der Waals surface area contributed by atoms with Crippen molar-refractivity contribution in [2.45, 2.75) is 33.2 Å². The maximum absolute atomic E-state index is 12.8. The second-order valence-corrected chi connectivity index (χ2v) is 9.28. The minimum atomic E-state index is 0.0889. The van der Waals surface area contributed by atoms with Crippen LogP contribution in [0.4, 0.5) is 5.69 Å². The Morgan fingerprint density at radius 2 is 1.54 bits per heavy atom. The van der Waals surface area contributed by atoms with E-state index in [9.17, 15) is 4.79 Å². The summed E-state index contributed by atoms with van der Waals surface area (Å²) >= 11 is 6.02. The summed E-state index contributed by atoms with van der Waals surface area (Å²) in [6.07, 6.45) is 2.05. The molecule has 1 aliphatic rings. The molecule has 3 aromatic carbocycles. The lowest BCUT2D eigenvalue weighted by molar-refractivity contribution is 0.0773. The number of nitrogens with one attached hydrogen (secondary N) is 2. The van der Waals surface area contributed by atoms with E-state index in [1.54, 1.807) is 0 Å². The van der Waals surface area contributed by atoms with Gasteiger partial charge in [-0.05, 0) is 98.4 Å². The van der Waals surface area contributed by atoms with Gasteiger partial charge < -0.3 is 15.5 Å². The van der Waals surface area contributed by atoms with Gasteiger partial charge in [0.05, 0.1) is 0 Å². The van der Waals surface area contributed by atoms with Crippen LogP contribution in [-0.2, 0) is 6.54 Å². The Balaban J connectivity index is 1.62. The predicted octanol–water partition coefficient (Wildman–Crippen LogP) is 6.62. The molecule has 0 aromatic heterocycles. The summed E-state index contributed by atoms with van der Waals surface area (Å²) in [7, 11) is 0. The van der Waals surface area contributed by atoms with Crippen molar-refractivity contribution in [1.82, 2.24) is 10.2 Å². The minimum Gasteiger partial charge on any atom is -0.381 e. The molecule has 0 saturated carbocycles. The van der Waals surface area contributed by atoms with E-state index in [-0.39, 0.29) is 5.91 Å². The minimum absolute atomic E-state index is 0.0889. The Hall–Kier alpha value is -3.08. The Morgan fingerprint density at radius 3 is 2.20 bits per heavy atom. The van der Waals surface area contributed by atoms with Gasteiger partial charge in [-0.25, -0.2) is 0 Å². The van der Waals surface area contributed by atoms with E-state index in [0.29, 0.717) is 0 Å². The number of rotatable bonds is 8. The van der Waals surface area contributed by atoms with Gasteiger partial charge in [0.15, 0.2) is 0 Å². The zero-order valence-corrected chi connectivity index (χ0v) is 21.4. The van der Waals surface area contributed by atoms with Gasteiger partial charge in [0, 0.05) is 35.9 Å². The molecular weight excluding hydrogens is 454 g/mol. The first-order chi connectivity index (χ1) is 17.1. The molecule has 4 nitrogen and oxygen atoms in total. The lowest BCUT2D eigenvalue weighted by atomic mass is 9.88. The molecule has 0 atom stereocenters. The van der Waals surface area contributed by atoms with Gasteiger partial charge in [-0.15, -0.1) is 0 Å². The zero-order valence-electron chi connectivity index (χ0n) is 20.6. The van der Waals surface area contributed by atoms with Gasteiger partial charge in [0.1, 0.15) is 0 Å². The molecule has 1 aliphatic heterocycles. The summed E-state index contributed by atoms with van der Waals surface area (Å²) < 4.78 is 0. The fraction of sp³-hybridized carbons (Fsp3) is 0.300. The second kappa shape index (κ2) is 12.1. The number of anilines is 1. The molecule has 0 radical (unpaired) electrons. The number of hydrogen-bond donors (Lipinski definition) is 2. The van der Waals surface area contributed by atoms with Gasteiger partial charge in [0.25, 0.3) is 5.91 Å². The van der Waals surface area contributed by atoms with E-state index in [1.807, 2.05) is 55.1 Å². The van der Waals surface area contributed by atoms with Gasteiger partial charge in [-0.1, -0.05) is 53.6 Å². The molecule has 0 unspecified atom stereocenters. The van der Waals surface area contributed by atoms with Crippen LogP contribution in [0.2, 0.25) is 5.02 Å². The van der Waals surface area contributed by atoms with Crippen LogP contribution in [0.25, 0.3) is 5.57 Å². The number of hydrogen-bond acceptors (Lipinski definition) is 3. The van der Waals surface area contributed by atoms with E-state index in [0.717, 1.165) is 67.4 Å². The molecule has 4 rings (SSSR count). The van der Waals surface area contributed by atoms with Crippen LogP contribution in [0.5, 0.6) is 0 Å². The van der Waals surface area contributed by atoms with Crippen LogP contribution in [0.1, 0.15) is 53.7 Å². The highest BCUT2D eigenvalue weighted by Gasteiger charge is 2.17. The monoisotopic (exact) mass is 487 g/mol. The third-order valence-corrected chi connectivity index (χ3v) is 6.84. The van der Waals surface area contributed by atoms with Crippen LogP contribution < -0.4 is 10.6 Å². The molecule has 0 spiro atoms. The summed E-state index contributed by atoms with van der Waals surface area (Å²) in [4.78, 5) is 14.7. The Bertz CT molecular complexity index is 1160. The van der Waals surface area contributed by atoms with Crippen molar-refractivity contribution in [3.8, 4) is 0 Å². The van der Waals surface area contributed by atoms with Crippen LogP contribution in [-0.4, -0.2) is 37.0 Å². The van der Waals surface area contributed by atoms with E-state index in [4.69, 9.17) is 11.6 Å². The topological polar surface area (TPSA) is 44.4 Å². The molecule has 3 aromatic rings. The van der Waals surface area contributed by atoms with E-state index in [1.165, 1.54) is 22.3 Å². The standard InChI is InChI=1S/C30H34ClN3O/c1-3-34(4-2)30(35)25-12-10-23(11-13-25)29(24-16-18-32-19-17-24)26-6-5-7-28(20-26)33-21-22-8-14-27(31)15-9-22/h5-15,20,32-33H,3-4,16-19,21H2,1-2H3. The summed E-state index contributed by atoms with van der Waals surface area (Å²) in [6, 6.07) is 24.7. The summed E-state index contributed by atoms with van der Waals surface area (Å²) in [6.45, 7) is 8.19. The number of carbonyl (C=O) groups is 1. The molecule has 1 amide bonds. The van der Waals surface area contributed by atoms with Crippen molar-refractivity contribution in [2.75, 3.05) is 31.5 Å². The lowest BCUT2D eigenvalue weighted by Gasteiger charge is -2.22. The number of carbonyl (C=O) groups excluding carboxylic acids is 1. The summed E-state index contributed by atoms with van der Waals surface area (Å²) in [5.41, 5.74) is 8.11. The summed E-state index contributed by atoms with van der Waals surface area (Å²) in [5, 5.41) is 7.77. The molecule has 1 saturated heterocycles. The maximum Gasteiger partial charge on any atom is 0.253 e. The normalized spacial score (nSPS) is 13.4. The highest BCUT2D eigenvalue weighted by Crippen LogP contribution is 2.33. The SMILES string of the molecule is CCN(CC)C(=O)c1ccc(C(=C2CCNCC2)c2cccc(NCc3ccc(Cl)cc3)c2)cc1. The molecular formula is C30H34ClN3O. The van der Waals surface area contributed by atoms with Crippen molar-refractivity contribution >= 4 is 28.8 Å². The first kappa shape index (κ1) is 25.0. The van der Waals surface area contributed by atoms with Crippen LogP contribution in [0.3, 0.4) is 0 Å². The van der Waals surface area contributed by atoms with Crippen LogP contribution >= 0.6 is 11.6 Å². The molecule has 0 aliphatic carbocycles. The molecule has 0 bridgehead atoms. The van der Waals surface area contributed by atoms with E-state index < -0.39 is 0 Å². The first-order valence-electron chi connectivity index (χ1n) is 12.5.